The number of hydrogen-bond acceptors (Lipinski definition) is 4. The highest BCUT2D eigenvalue weighted by molar-refractivity contribution is 5.85. The average Bonchev–Trinajstić information content (AvgIpc) is 2.54. The molecule has 24 heavy (non-hydrogen) atoms. The molecule has 5 heteroatoms. The van der Waals surface area contributed by atoms with Crippen molar-refractivity contribution in [1.29, 1.82) is 0 Å². The topological polar surface area (TPSA) is 47.0 Å². The molecular weight excluding hydrogens is 322 g/mol. The van der Waals surface area contributed by atoms with Crippen LogP contribution in [0.5, 0.6) is 5.75 Å². The normalized spacial score (nSPS) is 9.96. The van der Waals surface area contributed by atoms with Crippen molar-refractivity contribution in [3.8, 4) is 17.0 Å². The molecule has 0 saturated carbocycles. The summed E-state index contributed by atoms with van der Waals surface area (Å²) in [6.45, 7) is 3.98. The van der Waals surface area contributed by atoms with Crippen molar-refractivity contribution in [2.45, 2.75) is 13.8 Å². The largest absolute Gasteiger partial charge is 0.497 e. The van der Waals surface area contributed by atoms with Crippen LogP contribution in [0.4, 0.5) is 11.5 Å². The van der Waals surface area contributed by atoms with E-state index in [1.807, 2.05) is 43.3 Å². The maximum absolute atomic E-state index is 5.25. The Balaban J connectivity index is 0.00000208. The Hall–Kier alpha value is -2.59. The molecule has 1 heterocycles. The lowest BCUT2D eigenvalue weighted by Gasteiger charge is -2.10. The standard InChI is InChI=1S/C19H19N3O.ClH/c1-13-6-4-7-15(10-13)18-12-19(21-14(2)20-18)22-16-8-5-9-17(11-16)23-3;/h4-12H,1-3H3,(H,20,21,22);1H. The van der Waals surface area contributed by atoms with Gasteiger partial charge in [0.05, 0.1) is 12.8 Å². The van der Waals surface area contributed by atoms with Crippen molar-refractivity contribution in [3.63, 3.8) is 0 Å². The number of hydrogen-bond donors (Lipinski definition) is 1. The molecule has 1 N–H and O–H groups in total. The van der Waals surface area contributed by atoms with Crippen LogP contribution in [0.15, 0.2) is 54.6 Å². The highest BCUT2D eigenvalue weighted by atomic mass is 35.5. The number of anilines is 2. The molecule has 124 valence electrons. The first-order chi connectivity index (χ1) is 11.1. The number of rotatable bonds is 4. The molecule has 0 aliphatic carbocycles. The van der Waals surface area contributed by atoms with E-state index in [4.69, 9.17) is 4.74 Å². The first-order valence-corrected chi connectivity index (χ1v) is 7.48. The van der Waals surface area contributed by atoms with Gasteiger partial charge in [-0.3, -0.25) is 0 Å². The zero-order chi connectivity index (χ0) is 16.2. The third kappa shape index (κ3) is 4.24. The predicted molar refractivity (Wildman–Crippen MR) is 100 cm³/mol. The van der Waals surface area contributed by atoms with Gasteiger partial charge in [-0.05, 0) is 32.0 Å². The predicted octanol–water partition coefficient (Wildman–Crippen LogP) is 4.93. The van der Waals surface area contributed by atoms with Gasteiger partial charge in [-0.2, -0.15) is 0 Å². The van der Waals surface area contributed by atoms with Gasteiger partial charge in [0, 0.05) is 23.4 Å². The van der Waals surface area contributed by atoms with Crippen LogP contribution in [0, 0.1) is 13.8 Å². The van der Waals surface area contributed by atoms with E-state index in [1.54, 1.807) is 7.11 Å². The minimum atomic E-state index is 0. The quantitative estimate of drug-likeness (QED) is 0.730. The molecule has 1 aromatic heterocycles. The monoisotopic (exact) mass is 341 g/mol. The molecular formula is C19H20ClN3O. The Morgan fingerprint density at radius 2 is 1.71 bits per heavy atom. The molecule has 3 rings (SSSR count). The molecule has 3 aromatic rings. The van der Waals surface area contributed by atoms with Crippen LogP contribution in [0.1, 0.15) is 11.4 Å². The zero-order valence-electron chi connectivity index (χ0n) is 13.9. The molecule has 0 aliphatic heterocycles. The van der Waals surface area contributed by atoms with Crippen molar-refractivity contribution in [1.82, 2.24) is 9.97 Å². The number of aromatic nitrogens is 2. The minimum Gasteiger partial charge on any atom is -0.497 e. The lowest BCUT2D eigenvalue weighted by Crippen LogP contribution is -1.99. The molecule has 0 bridgehead atoms. The van der Waals surface area contributed by atoms with E-state index in [9.17, 15) is 0 Å². The van der Waals surface area contributed by atoms with Gasteiger partial charge in [-0.25, -0.2) is 9.97 Å². The zero-order valence-corrected chi connectivity index (χ0v) is 14.7. The number of halogens is 1. The van der Waals surface area contributed by atoms with Gasteiger partial charge in [0.15, 0.2) is 0 Å². The molecule has 0 saturated heterocycles. The van der Waals surface area contributed by atoms with Crippen molar-refractivity contribution < 1.29 is 4.74 Å². The van der Waals surface area contributed by atoms with Crippen LogP contribution in [-0.2, 0) is 0 Å². The molecule has 0 atom stereocenters. The Morgan fingerprint density at radius 3 is 2.46 bits per heavy atom. The number of aryl methyl sites for hydroxylation is 2. The first-order valence-electron chi connectivity index (χ1n) is 7.48. The Labute approximate surface area is 148 Å². The van der Waals surface area contributed by atoms with Crippen LogP contribution in [0.25, 0.3) is 11.3 Å². The summed E-state index contributed by atoms with van der Waals surface area (Å²) in [5.41, 5.74) is 4.13. The second kappa shape index (κ2) is 7.79. The summed E-state index contributed by atoms with van der Waals surface area (Å²) in [7, 11) is 1.66. The number of nitrogens with one attached hydrogen (secondary N) is 1. The highest BCUT2D eigenvalue weighted by Gasteiger charge is 2.06. The fourth-order valence-electron chi connectivity index (χ4n) is 2.43. The maximum Gasteiger partial charge on any atom is 0.134 e. The van der Waals surface area contributed by atoms with Gasteiger partial charge in [0.2, 0.25) is 0 Å². The second-order valence-corrected chi connectivity index (χ2v) is 5.41. The Bertz CT molecular complexity index is 836. The fraction of sp³-hybridized carbons (Fsp3) is 0.158. The molecule has 2 aromatic carbocycles. The smallest absolute Gasteiger partial charge is 0.134 e. The van der Waals surface area contributed by atoms with Gasteiger partial charge in [-0.1, -0.05) is 29.8 Å². The van der Waals surface area contributed by atoms with Crippen molar-refractivity contribution in [3.05, 3.63) is 66.0 Å². The van der Waals surface area contributed by atoms with E-state index in [-0.39, 0.29) is 12.4 Å². The average molecular weight is 342 g/mol. The first kappa shape index (κ1) is 17.8. The van der Waals surface area contributed by atoms with E-state index in [2.05, 4.69) is 40.4 Å². The van der Waals surface area contributed by atoms with E-state index in [0.717, 1.165) is 34.3 Å². The summed E-state index contributed by atoms with van der Waals surface area (Å²) in [6, 6.07) is 18.0. The van der Waals surface area contributed by atoms with Gasteiger partial charge < -0.3 is 10.1 Å². The molecule has 0 amide bonds. The van der Waals surface area contributed by atoms with Crippen LogP contribution in [-0.4, -0.2) is 17.1 Å². The van der Waals surface area contributed by atoms with Crippen LogP contribution < -0.4 is 10.1 Å². The number of nitrogens with zero attached hydrogens (tertiary/aromatic N) is 2. The van der Waals surface area contributed by atoms with Crippen molar-refractivity contribution >= 4 is 23.9 Å². The van der Waals surface area contributed by atoms with Gasteiger partial charge in [0.1, 0.15) is 17.4 Å². The fourth-order valence-corrected chi connectivity index (χ4v) is 2.43. The molecule has 0 radical (unpaired) electrons. The molecule has 0 fully saturated rings. The lowest BCUT2D eigenvalue weighted by atomic mass is 10.1. The summed E-state index contributed by atoms with van der Waals surface area (Å²) < 4.78 is 5.25. The summed E-state index contributed by atoms with van der Waals surface area (Å²) >= 11 is 0. The van der Waals surface area contributed by atoms with Crippen LogP contribution in [0.2, 0.25) is 0 Å². The Morgan fingerprint density at radius 1 is 0.917 bits per heavy atom. The van der Waals surface area contributed by atoms with E-state index in [1.165, 1.54) is 5.56 Å². The number of methoxy groups -OCH3 is 1. The number of benzene rings is 2. The SMILES string of the molecule is COc1cccc(Nc2cc(-c3cccc(C)c3)nc(C)n2)c1.Cl. The van der Waals surface area contributed by atoms with Crippen molar-refractivity contribution in [2.75, 3.05) is 12.4 Å². The third-order valence-electron chi connectivity index (χ3n) is 3.49. The van der Waals surface area contributed by atoms with Gasteiger partial charge >= 0.3 is 0 Å². The summed E-state index contributed by atoms with van der Waals surface area (Å²) in [4.78, 5) is 9.01. The van der Waals surface area contributed by atoms with E-state index < -0.39 is 0 Å². The summed E-state index contributed by atoms with van der Waals surface area (Å²) in [5.74, 6) is 2.30. The maximum atomic E-state index is 5.25. The van der Waals surface area contributed by atoms with Gasteiger partial charge in [0.25, 0.3) is 0 Å². The summed E-state index contributed by atoms with van der Waals surface area (Å²) in [6.07, 6.45) is 0. The van der Waals surface area contributed by atoms with Crippen LogP contribution >= 0.6 is 12.4 Å². The molecule has 0 unspecified atom stereocenters. The minimum absolute atomic E-state index is 0. The second-order valence-electron chi connectivity index (χ2n) is 5.41. The van der Waals surface area contributed by atoms with Crippen molar-refractivity contribution in [2.24, 2.45) is 0 Å². The molecule has 0 spiro atoms. The molecule has 0 aliphatic rings. The summed E-state index contributed by atoms with van der Waals surface area (Å²) in [5, 5.41) is 3.31. The van der Waals surface area contributed by atoms with E-state index in [0.29, 0.717) is 0 Å². The van der Waals surface area contributed by atoms with Crippen LogP contribution in [0.3, 0.4) is 0 Å². The van der Waals surface area contributed by atoms with Gasteiger partial charge in [-0.15, -0.1) is 12.4 Å². The molecule has 4 nitrogen and oxygen atoms in total. The number of ether oxygens (including phenoxy) is 1. The third-order valence-corrected chi connectivity index (χ3v) is 3.49. The lowest BCUT2D eigenvalue weighted by molar-refractivity contribution is 0.415. The highest BCUT2D eigenvalue weighted by Crippen LogP contribution is 2.24. The van der Waals surface area contributed by atoms with E-state index >= 15 is 0 Å². The Kier molecular flexibility index (Phi) is 5.77.